The maximum absolute atomic E-state index is 8.84. The van der Waals surface area contributed by atoms with Crippen LogP contribution >= 0.6 is 0 Å². The monoisotopic (exact) mass is 268 g/mol. The molecule has 0 bridgehead atoms. The molecule has 102 valence electrons. The molecule has 3 aromatic rings. The maximum Gasteiger partial charge on any atom is 0.130 e. The number of aromatic nitrogens is 3. The molecule has 0 saturated heterocycles. The Balaban J connectivity index is 2.04. The fourth-order valence-corrected chi connectivity index (χ4v) is 2.31. The number of benzene rings is 1. The summed E-state index contributed by atoms with van der Waals surface area (Å²) in [5, 5.41) is 13.1. The molecule has 0 radical (unpaired) electrons. The number of para-hydroxylation sites is 1. The minimum Gasteiger partial charge on any atom is -0.395 e. The molecule has 20 heavy (non-hydrogen) atoms. The molecule has 0 amide bonds. The Morgan fingerprint density at radius 1 is 1.20 bits per heavy atom. The highest BCUT2D eigenvalue weighted by molar-refractivity contribution is 5.86. The Kier molecular flexibility index (Phi) is 3.35. The number of nitrogens with one attached hydrogen (secondary N) is 1. The van der Waals surface area contributed by atoms with Crippen LogP contribution in [0.3, 0.4) is 0 Å². The van der Waals surface area contributed by atoms with E-state index in [1.165, 1.54) is 17.2 Å². The zero-order valence-electron chi connectivity index (χ0n) is 11.2. The first kappa shape index (κ1) is 12.6. The van der Waals surface area contributed by atoms with E-state index in [9.17, 15) is 0 Å². The van der Waals surface area contributed by atoms with Crippen LogP contribution in [-0.4, -0.2) is 32.8 Å². The standard InChI is InChI=1S/C15H16N4O/c1-19-13-5-3-2-4-11(13)8-14(19)12-9-15(16-6-7-20)18-10-17-12/h2-5,8-10,20H,6-7H2,1H3,(H,16,17,18). The summed E-state index contributed by atoms with van der Waals surface area (Å²) >= 11 is 0. The van der Waals surface area contributed by atoms with Crippen LogP contribution in [0.2, 0.25) is 0 Å². The van der Waals surface area contributed by atoms with E-state index in [0.29, 0.717) is 12.4 Å². The highest BCUT2D eigenvalue weighted by atomic mass is 16.3. The van der Waals surface area contributed by atoms with Crippen LogP contribution in [0.5, 0.6) is 0 Å². The van der Waals surface area contributed by atoms with Gasteiger partial charge in [-0.05, 0) is 12.1 Å². The highest BCUT2D eigenvalue weighted by Gasteiger charge is 2.09. The van der Waals surface area contributed by atoms with Gasteiger partial charge >= 0.3 is 0 Å². The molecule has 0 unspecified atom stereocenters. The summed E-state index contributed by atoms with van der Waals surface area (Å²) in [5.41, 5.74) is 3.07. The first-order chi connectivity index (χ1) is 9.79. The molecule has 0 aliphatic carbocycles. The number of aryl methyl sites for hydroxylation is 1. The van der Waals surface area contributed by atoms with Crippen molar-refractivity contribution in [2.75, 3.05) is 18.5 Å². The summed E-state index contributed by atoms with van der Waals surface area (Å²) in [7, 11) is 2.03. The van der Waals surface area contributed by atoms with Gasteiger partial charge in [-0.15, -0.1) is 0 Å². The SMILES string of the molecule is Cn1c(-c2cc(NCCO)ncn2)cc2ccccc21. The second kappa shape index (κ2) is 5.30. The lowest BCUT2D eigenvalue weighted by molar-refractivity contribution is 0.311. The van der Waals surface area contributed by atoms with Crippen molar-refractivity contribution < 1.29 is 5.11 Å². The average molecular weight is 268 g/mol. The molecule has 0 aliphatic heterocycles. The minimum atomic E-state index is 0.0768. The molecule has 5 nitrogen and oxygen atoms in total. The summed E-state index contributed by atoms with van der Waals surface area (Å²) < 4.78 is 2.12. The van der Waals surface area contributed by atoms with E-state index in [4.69, 9.17) is 5.11 Å². The predicted octanol–water partition coefficient (Wildman–Crippen LogP) is 2.04. The van der Waals surface area contributed by atoms with Gasteiger partial charge in [0.05, 0.1) is 18.0 Å². The Bertz CT molecular complexity index is 736. The summed E-state index contributed by atoms with van der Waals surface area (Å²) in [5.74, 6) is 0.717. The third kappa shape index (κ3) is 2.23. The molecule has 2 heterocycles. The molecule has 3 rings (SSSR count). The van der Waals surface area contributed by atoms with E-state index < -0.39 is 0 Å². The van der Waals surface area contributed by atoms with Gasteiger partial charge in [0.1, 0.15) is 12.1 Å². The normalized spacial score (nSPS) is 10.9. The predicted molar refractivity (Wildman–Crippen MR) is 79.5 cm³/mol. The van der Waals surface area contributed by atoms with E-state index in [0.717, 1.165) is 11.4 Å². The summed E-state index contributed by atoms with van der Waals surface area (Å²) in [6.07, 6.45) is 1.53. The molecule has 0 spiro atoms. The van der Waals surface area contributed by atoms with Crippen molar-refractivity contribution in [2.24, 2.45) is 7.05 Å². The number of hydrogen-bond acceptors (Lipinski definition) is 4. The summed E-state index contributed by atoms with van der Waals surface area (Å²) in [6.45, 7) is 0.555. The van der Waals surface area contributed by atoms with Gasteiger partial charge < -0.3 is 15.0 Å². The molecular formula is C15H16N4O. The average Bonchev–Trinajstić information content (AvgIpc) is 2.83. The lowest BCUT2D eigenvalue weighted by atomic mass is 10.2. The molecule has 5 heteroatoms. The van der Waals surface area contributed by atoms with Crippen LogP contribution in [-0.2, 0) is 7.05 Å². The molecular weight excluding hydrogens is 252 g/mol. The van der Waals surface area contributed by atoms with Crippen molar-refractivity contribution in [2.45, 2.75) is 0 Å². The van der Waals surface area contributed by atoms with Gasteiger partial charge in [0.2, 0.25) is 0 Å². The van der Waals surface area contributed by atoms with Gasteiger partial charge in [0, 0.05) is 30.6 Å². The topological polar surface area (TPSA) is 63.0 Å². The number of anilines is 1. The number of fused-ring (bicyclic) bond motifs is 1. The number of aliphatic hydroxyl groups excluding tert-OH is 1. The van der Waals surface area contributed by atoms with E-state index in [-0.39, 0.29) is 6.61 Å². The maximum atomic E-state index is 8.84. The summed E-state index contributed by atoms with van der Waals surface area (Å²) in [6, 6.07) is 12.2. The van der Waals surface area contributed by atoms with Crippen LogP contribution in [0.15, 0.2) is 42.7 Å². The Morgan fingerprint density at radius 3 is 2.85 bits per heavy atom. The third-order valence-corrected chi connectivity index (χ3v) is 3.30. The second-order valence-corrected chi connectivity index (χ2v) is 4.59. The molecule has 0 atom stereocenters. The Hall–Kier alpha value is -2.40. The third-order valence-electron chi connectivity index (χ3n) is 3.30. The summed E-state index contributed by atoms with van der Waals surface area (Å²) in [4.78, 5) is 8.48. The van der Waals surface area contributed by atoms with Crippen LogP contribution in [0.1, 0.15) is 0 Å². The zero-order chi connectivity index (χ0) is 13.9. The van der Waals surface area contributed by atoms with Crippen LogP contribution < -0.4 is 5.32 Å². The van der Waals surface area contributed by atoms with Gasteiger partial charge in [-0.25, -0.2) is 9.97 Å². The fourth-order valence-electron chi connectivity index (χ4n) is 2.31. The molecule has 0 aliphatic rings. The zero-order valence-corrected chi connectivity index (χ0v) is 11.2. The molecule has 0 fully saturated rings. The minimum absolute atomic E-state index is 0.0768. The smallest absolute Gasteiger partial charge is 0.130 e. The van der Waals surface area contributed by atoms with Crippen LogP contribution in [0, 0.1) is 0 Å². The number of hydrogen-bond donors (Lipinski definition) is 2. The van der Waals surface area contributed by atoms with E-state index in [1.54, 1.807) is 0 Å². The Labute approximate surface area is 116 Å². The molecule has 1 aromatic carbocycles. The van der Waals surface area contributed by atoms with Gasteiger partial charge in [-0.2, -0.15) is 0 Å². The van der Waals surface area contributed by atoms with Crippen molar-refractivity contribution in [1.29, 1.82) is 0 Å². The van der Waals surface area contributed by atoms with E-state index in [2.05, 4.69) is 38.1 Å². The largest absolute Gasteiger partial charge is 0.395 e. The fraction of sp³-hybridized carbons (Fsp3) is 0.200. The van der Waals surface area contributed by atoms with Crippen molar-refractivity contribution in [3.63, 3.8) is 0 Å². The van der Waals surface area contributed by atoms with Gasteiger partial charge in [-0.3, -0.25) is 0 Å². The first-order valence-corrected chi connectivity index (χ1v) is 6.51. The van der Waals surface area contributed by atoms with Crippen molar-refractivity contribution in [3.05, 3.63) is 42.7 Å². The van der Waals surface area contributed by atoms with Gasteiger partial charge in [0.15, 0.2) is 0 Å². The lowest BCUT2D eigenvalue weighted by Gasteiger charge is -2.06. The molecule has 2 aromatic heterocycles. The molecule has 2 N–H and O–H groups in total. The quantitative estimate of drug-likeness (QED) is 0.760. The number of aliphatic hydroxyl groups is 1. The Morgan fingerprint density at radius 2 is 2.05 bits per heavy atom. The van der Waals surface area contributed by atoms with Crippen molar-refractivity contribution in [1.82, 2.24) is 14.5 Å². The number of rotatable bonds is 4. The highest BCUT2D eigenvalue weighted by Crippen LogP contribution is 2.26. The van der Waals surface area contributed by atoms with Crippen LogP contribution in [0.4, 0.5) is 5.82 Å². The van der Waals surface area contributed by atoms with E-state index in [1.807, 2.05) is 25.2 Å². The second-order valence-electron chi connectivity index (χ2n) is 4.59. The first-order valence-electron chi connectivity index (χ1n) is 6.51. The van der Waals surface area contributed by atoms with E-state index >= 15 is 0 Å². The van der Waals surface area contributed by atoms with Gasteiger partial charge in [0.25, 0.3) is 0 Å². The van der Waals surface area contributed by atoms with Crippen LogP contribution in [0.25, 0.3) is 22.3 Å². The van der Waals surface area contributed by atoms with Crippen molar-refractivity contribution in [3.8, 4) is 11.4 Å². The lowest BCUT2D eigenvalue weighted by Crippen LogP contribution is -2.07. The van der Waals surface area contributed by atoms with Crippen molar-refractivity contribution >= 4 is 16.7 Å². The van der Waals surface area contributed by atoms with Gasteiger partial charge in [-0.1, -0.05) is 18.2 Å². The number of nitrogens with zero attached hydrogens (tertiary/aromatic N) is 3. The molecule has 0 saturated carbocycles.